The minimum absolute atomic E-state index is 0.0249. The zero-order valence-electron chi connectivity index (χ0n) is 13.0. The molecule has 1 saturated heterocycles. The van der Waals surface area contributed by atoms with Crippen LogP contribution in [-0.2, 0) is 4.79 Å². The van der Waals surface area contributed by atoms with E-state index < -0.39 is 0 Å². The number of hydrogen-bond acceptors (Lipinski definition) is 2. The Morgan fingerprint density at radius 3 is 2.53 bits per heavy atom. The molecule has 0 aromatic heterocycles. The van der Waals surface area contributed by atoms with Gasteiger partial charge in [-0.15, -0.1) is 0 Å². The van der Waals surface area contributed by atoms with Crippen molar-refractivity contribution < 1.29 is 4.79 Å². The number of rotatable bonds is 7. The molecule has 112 valence electrons. The fourth-order valence-corrected chi connectivity index (χ4v) is 2.31. The molecule has 0 aromatic rings. The molecule has 2 N–H and O–H groups in total. The first-order valence-corrected chi connectivity index (χ1v) is 7.81. The highest BCUT2D eigenvalue weighted by molar-refractivity contribution is 5.80. The molecule has 0 radical (unpaired) electrons. The second-order valence-corrected chi connectivity index (χ2v) is 5.16. The molecule has 19 heavy (non-hydrogen) atoms. The maximum Gasteiger partial charge on any atom is 0.234 e. The molecule has 0 aromatic carbocycles. The number of unbranched alkanes of at least 4 members (excludes halogenated alkanes) is 3. The fraction of sp³-hybridized carbons (Fsp3) is 0.812. The lowest BCUT2D eigenvalue weighted by Crippen LogP contribution is -2.40. The predicted molar refractivity (Wildman–Crippen MR) is 83.0 cm³/mol. The number of carbonyl (C=O) groups excluding carboxylic acids is 1. The molecule has 1 aliphatic rings. The molecule has 0 bridgehead atoms. The van der Waals surface area contributed by atoms with Crippen LogP contribution in [0.4, 0.5) is 0 Å². The Balaban J connectivity index is 0.000000459. The Bertz CT molecular complexity index is 251. The predicted octanol–water partition coefficient (Wildman–Crippen LogP) is 3.49. The minimum atomic E-state index is -0.144. The molecule has 1 rings (SSSR count). The second kappa shape index (κ2) is 12.2. The first-order chi connectivity index (χ1) is 9.17. The minimum Gasteiger partial charge on any atom is -0.368 e. The van der Waals surface area contributed by atoms with E-state index >= 15 is 0 Å². The van der Waals surface area contributed by atoms with Gasteiger partial charge in [0.2, 0.25) is 5.91 Å². The quantitative estimate of drug-likeness (QED) is 0.567. The second-order valence-electron chi connectivity index (χ2n) is 5.16. The smallest absolute Gasteiger partial charge is 0.234 e. The number of likely N-dealkylation sites (tertiary alicyclic amines) is 1. The number of primary amides is 1. The number of carbonyl (C=O) groups is 1. The summed E-state index contributed by atoms with van der Waals surface area (Å²) in [6, 6.07) is 0.0249. The molecular formula is C16H32N2O. The van der Waals surface area contributed by atoms with E-state index in [1.807, 2.05) is 0 Å². The lowest BCUT2D eigenvalue weighted by molar-refractivity contribution is -0.122. The standard InChI is InChI=1S/C10H20N2O.C6H12/c1-2-3-4-7-12-8-5-6-9(12)10(11)13;1-3-5-6-4-2/h9H,2-8H2,1H3,(H2,11,13);3,5H,4,6H2,1-2H3. The Morgan fingerprint density at radius 1 is 1.32 bits per heavy atom. The fourth-order valence-electron chi connectivity index (χ4n) is 2.31. The van der Waals surface area contributed by atoms with Crippen molar-refractivity contribution in [3.8, 4) is 0 Å². The lowest BCUT2D eigenvalue weighted by Gasteiger charge is -2.21. The molecule has 1 amide bonds. The summed E-state index contributed by atoms with van der Waals surface area (Å²) in [5.74, 6) is -0.144. The number of nitrogens with two attached hydrogens (primary N) is 1. The van der Waals surface area contributed by atoms with Crippen LogP contribution < -0.4 is 5.73 Å². The van der Waals surface area contributed by atoms with E-state index in [0.29, 0.717) is 0 Å². The third-order valence-corrected chi connectivity index (χ3v) is 3.43. The number of allylic oxidation sites excluding steroid dienone is 2. The number of amides is 1. The molecule has 1 atom stereocenters. The Labute approximate surface area is 119 Å². The molecule has 0 spiro atoms. The summed E-state index contributed by atoms with van der Waals surface area (Å²) in [5, 5.41) is 0. The summed E-state index contributed by atoms with van der Waals surface area (Å²) in [6.45, 7) is 8.52. The van der Waals surface area contributed by atoms with Crippen LogP contribution in [0.1, 0.15) is 65.7 Å². The van der Waals surface area contributed by atoms with Crippen LogP contribution in [0.25, 0.3) is 0 Å². The van der Waals surface area contributed by atoms with Crippen LogP contribution in [0.2, 0.25) is 0 Å². The number of hydrogen-bond donors (Lipinski definition) is 1. The van der Waals surface area contributed by atoms with Crippen molar-refractivity contribution in [2.75, 3.05) is 13.1 Å². The van der Waals surface area contributed by atoms with Crippen LogP contribution in [0.15, 0.2) is 12.2 Å². The monoisotopic (exact) mass is 268 g/mol. The maximum atomic E-state index is 11.0. The highest BCUT2D eigenvalue weighted by Gasteiger charge is 2.27. The Kier molecular flexibility index (Phi) is 11.7. The van der Waals surface area contributed by atoms with Crippen molar-refractivity contribution in [2.24, 2.45) is 5.73 Å². The van der Waals surface area contributed by atoms with Crippen molar-refractivity contribution in [3.05, 3.63) is 12.2 Å². The molecule has 3 nitrogen and oxygen atoms in total. The molecule has 1 unspecified atom stereocenters. The summed E-state index contributed by atoms with van der Waals surface area (Å²) in [6.07, 6.45) is 12.5. The van der Waals surface area contributed by atoms with Crippen LogP contribution in [-0.4, -0.2) is 29.9 Å². The summed E-state index contributed by atoms with van der Waals surface area (Å²) < 4.78 is 0. The van der Waals surface area contributed by atoms with E-state index in [1.54, 1.807) is 0 Å². The van der Waals surface area contributed by atoms with Gasteiger partial charge in [0.05, 0.1) is 6.04 Å². The molecule has 0 aliphatic carbocycles. The van der Waals surface area contributed by atoms with Gasteiger partial charge in [0, 0.05) is 0 Å². The highest BCUT2D eigenvalue weighted by atomic mass is 16.1. The van der Waals surface area contributed by atoms with Gasteiger partial charge in [0.15, 0.2) is 0 Å². The first kappa shape index (κ1) is 18.2. The SMILES string of the molecule is CC=CCCC.CCCCCN1CCCC1C(N)=O. The third-order valence-electron chi connectivity index (χ3n) is 3.43. The van der Waals surface area contributed by atoms with Crippen molar-refractivity contribution in [2.45, 2.75) is 71.8 Å². The van der Waals surface area contributed by atoms with Crippen LogP contribution in [0.5, 0.6) is 0 Å². The maximum absolute atomic E-state index is 11.0. The van der Waals surface area contributed by atoms with E-state index in [0.717, 1.165) is 25.9 Å². The van der Waals surface area contributed by atoms with Gasteiger partial charge in [-0.2, -0.15) is 0 Å². The molecule has 3 heteroatoms. The zero-order chi connectivity index (χ0) is 14.5. The van der Waals surface area contributed by atoms with Gasteiger partial charge in [-0.05, 0) is 45.7 Å². The van der Waals surface area contributed by atoms with Gasteiger partial charge < -0.3 is 5.73 Å². The summed E-state index contributed by atoms with van der Waals surface area (Å²) in [4.78, 5) is 13.3. The van der Waals surface area contributed by atoms with Crippen molar-refractivity contribution in [1.29, 1.82) is 0 Å². The van der Waals surface area contributed by atoms with Crippen molar-refractivity contribution in [1.82, 2.24) is 4.90 Å². The Morgan fingerprint density at radius 2 is 2.05 bits per heavy atom. The topological polar surface area (TPSA) is 46.3 Å². The van der Waals surface area contributed by atoms with E-state index in [4.69, 9.17) is 5.73 Å². The van der Waals surface area contributed by atoms with E-state index in [1.165, 1.54) is 32.1 Å². The Hall–Kier alpha value is -0.830. The first-order valence-electron chi connectivity index (χ1n) is 7.81. The van der Waals surface area contributed by atoms with Gasteiger partial charge in [-0.1, -0.05) is 45.3 Å². The average molecular weight is 268 g/mol. The van der Waals surface area contributed by atoms with Gasteiger partial charge in [-0.25, -0.2) is 0 Å². The summed E-state index contributed by atoms with van der Waals surface area (Å²) in [5.41, 5.74) is 5.31. The van der Waals surface area contributed by atoms with Crippen LogP contribution in [0.3, 0.4) is 0 Å². The zero-order valence-corrected chi connectivity index (χ0v) is 13.0. The third kappa shape index (κ3) is 8.82. The van der Waals surface area contributed by atoms with E-state index in [9.17, 15) is 4.79 Å². The summed E-state index contributed by atoms with van der Waals surface area (Å²) in [7, 11) is 0. The largest absolute Gasteiger partial charge is 0.368 e. The van der Waals surface area contributed by atoms with E-state index in [2.05, 4.69) is 37.8 Å². The van der Waals surface area contributed by atoms with Gasteiger partial charge >= 0.3 is 0 Å². The highest BCUT2D eigenvalue weighted by Crippen LogP contribution is 2.17. The van der Waals surface area contributed by atoms with E-state index in [-0.39, 0.29) is 11.9 Å². The molecule has 1 aliphatic heterocycles. The van der Waals surface area contributed by atoms with Gasteiger partial charge in [0.25, 0.3) is 0 Å². The molecular weight excluding hydrogens is 236 g/mol. The normalized spacial score (nSPS) is 19.4. The molecule has 0 saturated carbocycles. The van der Waals surface area contributed by atoms with Gasteiger partial charge in [0.1, 0.15) is 0 Å². The average Bonchev–Trinajstić information content (AvgIpc) is 2.86. The van der Waals surface area contributed by atoms with Crippen LogP contribution in [0, 0.1) is 0 Å². The van der Waals surface area contributed by atoms with Crippen molar-refractivity contribution in [3.63, 3.8) is 0 Å². The van der Waals surface area contributed by atoms with Crippen LogP contribution >= 0.6 is 0 Å². The lowest BCUT2D eigenvalue weighted by atomic mass is 10.2. The molecule has 1 heterocycles. The summed E-state index contributed by atoms with van der Waals surface area (Å²) >= 11 is 0. The van der Waals surface area contributed by atoms with Crippen molar-refractivity contribution >= 4 is 5.91 Å². The van der Waals surface area contributed by atoms with Gasteiger partial charge in [-0.3, -0.25) is 9.69 Å². The number of nitrogens with zero attached hydrogens (tertiary/aromatic N) is 1. The molecule has 1 fully saturated rings.